The van der Waals surface area contributed by atoms with Crippen LogP contribution in [0.25, 0.3) is 0 Å². The molecule has 0 aromatic carbocycles. The summed E-state index contributed by atoms with van der Waals surface area (Å²) in [6.45, 7) is 0. The molecule has 0 atom stereocenters. The summed E-state index contributed by atoms with van der Waals surface area (Å²) in [7, 11) is -4.58. The van der Waals surface area contributed by atoms with E-state index in [1.807, 2.05) is 0 Å². The molecule has 0 unspecified atom stereocenters. The van der Waals surface area contributed by atoms with E-state index in [0.29, 0.717) is 11.5 Å². The van der Waals surface area contributed by atoms with E-state index in [1.54, 1.807) is 0 Å². The second kappa shape index (κ2) is 2.55. The van der Waals surface area contributed by atoms with Crippen molar-refractivity contribution in [3.05, 3.63) is 10.7 Å². The van der Waals surface area contributed by atoms with Crippen LogP contribution in [-0.2, 0) is 10.2 Å². The van der Waals surface area contributed by atoms with Gasteiger partial charge in [0, 0.05) is 0 Å². The van der Waals surface area contributed by atoms with Gasteiger partial charge in [-0.05, 0) is 27.5 Å². The normalized spacial score (nSPS) is 11.8. The Morgan fingerprint density at radius 2 is 2.30 bits per heavy atom. The van der Waals surface area contributed by atoms with Gasteiger partial charge in [-0.3, -0.25) is 0 Å². The molecular weight excluding hydrogens is 245 g/mol. The van der Waals surface area contributed by atoms with E-state index in [0.717, 1.165) is 0 Å². The lowest BCUT2D eigenvalue weighted by atomic mass is 10.8. The van der Waals surface area contributed by atoms with Crippen molar-refractivity contribution in [2.75, 3.05) is 0 Å². The molecule has 0 bridgehead atoms. The van der Waals surface area contributed by atoms with Gasteiger partial charge in [-0.2, -0.15) is 12.8 Å². The Hall–Kier alpha value is -0.0100. The van der Waals surface area contributed by atoms with E-state index in [9.17, 15) is 12.3 Å². The maximum Gasteiger partial charge on any atom is 0.344 e. The molecular formula is C3HBrFNO2S2. The molecule has 0 radical (unpaired) electrons. The van der Waals surface area contributed by atoms with Gasteiger partial charge in [-0.1, -0.05) is 3.89 Å². The van der Waals surface area contributed by atoms with E-state index in [4.69, 9.17) is 0 Å². The molecule has 56 valence electrons. The van der Waals surface area contributed by atoms with Gasteiger partial charge in [0.1, 0.15) is 0 Å². The highest BCUT2D eigenvalue weighted by atomic mass is 79.9. The van der Waals surface area contributed by atoms with Gasteiger partial charge in [0.15, 0.2) is 4.21 Å². The summed E-state index contributed by atoms with van der Waals surface area (Å²) in [5, 5.41) is 0. The first-order chi connectivity index (χ1) is 4.52. The van der Waals surface area contributed by atoms with Gasteiger partial charge >= 0.3 is 10.2 Å². The van der Waals surface area contributed by atoms with E-state index in [2.05, 4.69) is 20.3 Å². The fourth-order valence-electron chi connectivity index (χ4n) is 0.378. The van der Waals surface area contributed by atoms with Crippen molar-refractivity contribution in [3.8, 4) is 0 Å². The molecule has 10 heavy (non-hydrogen) atoms. The molecule has 1 aromatic rings. The van der Waals surface area contributed by atoms with Crippen LogP contribution in [0.15, 0.2) is 14.9 Å². The zero-order valence-corrected chi connectivity index (χ0v) is 7.63. The number of halogens is 2. The molecule has 0 N–H and O–H groups in total. The van der Waals surface area contributed by atoms with Crippen molar-refractivity contribution in [1.29, 1.82) is 0 Å². The first-order valence-corrected chi connectivity index (χ1v) is 5.01. The molecule has 0 aliphatic heterocycles. The maximum atomic E-state index is 12.1. The summed E-state index contributed by atoms with van der Waals surface area (Å²) < 4.78 is 35.8. The molecule has 3 nitrogen and oxygen atoms in total. The zero-order chi connectivity index (χ0) is 7.78. The van der Waals surface area contributed by atoms with Gasteiger partial charge < -0.3 is 0 Å². The van der Waals surface area contributed by atoms with Crippen LogP contribution >= 0.6 is 27.5 Å². The van der Waals surface area contributed by atoms with Crippen molar-refractivity contribution in [3.63, 3.8) is 0 Å². The summed E-state index contributed by atoms with van der Waals surface area (Å²) in [6.07, 6.45) is 1.23. The van der Waals surface area contributed by atoms with E-state index in [1.165, 1.54) is 6.20 Å². The quantitative estimate of drug-likeness (QED) is 0.706. The van der Waals surface area contributed by atoms with E-state index < -0.39 is 10.2 Å². The van der Waals surface area contributed by atoms with Gasteiger partial charge in [0.25, 0.3) is 0 Å². The molecule has 0 aliphatic carbocycles. The Labute approximate surface area is 69.4 Å². The lowest BCUT2D eigenvalue weighted by Gasteiger charge is -1.84. The average molecular weight is 246 g/mol. The number of rotatable bonds is 1. The van der Waals surface area contributed by atoms with Gasteiger partial charge in [-0.15, -0.1) is 0 Å². The Balaban J connectivity index is 3.32. The second-order valence-corrected chi connectivity index (χ2v) is 4.60. The van der Waals surface area contributed by atoms with Crippen LogP contribution in [0.5, 0.6) is 0 Å². The molecule has 7 heteroatoms. The largest absolute Gasteiger partial charge is 0.344 e. The van der Waals surface area contributed by atoms with Gasteiger partial charge in [-0.25, -0.2) is 0 Å². The molecule has 0 amide bonds. The summed E-state index contributed by atoms with van der Waals surface area (Å²) >= 11 is 3.43. The molecule has 1 aromatic heterocycles. The van der Waals surface area contributed by atoms with Crippen LogP contribution in [0.1, 0.15) is 0 Å². The zero-order valence-electron chi connectivity index (χ0n) is 4.41. The van der Waals surface area contributed by atoms with E-state index in [-0.39, 0.29) is 8.68 Å². The van der Waals surface area contributed by atoms with Crippen molar-refractivity contribution in [2.45, 2.75) is 4.21 Å². The molecule has 0 fully saturated rings. The minimum Gasteiger partial charge on any atom is -0.199 e. The number of aromatic nitrogens is 1. The summed E-state index contributed by atoms with van der Waals surface area (Å²) in [5.74, 6) is 0. The fraction of sp³-hybridized carbons (Fsp3) is 0. The SMILES string of the molecule is O=S(=O)(F)c1sncc1Br. The standard InChI is InChI=1S/C3HBrFNO2S2/c4-2-1-6-9-3(2)10(5,7)8/h1H. The topological polar surface area (TPSA) is 47.0 Å². The first-order valence-electron chi connectivity index (χ1n) is 2.06. The lowest BCUT2D eigenvalue weighted by molar-refractivity contribution is 0.554. The van der Waals surface area contributed by atoms with Crippen LogP contribution in [0.4, 0.5) is 3.89 Å². The minimum atomic E-state index is -4.58. The Morgan fingerprint density at radius 3 is 2.50 bits per heavy atom. The Bertz CT molecular complexity index is 332. The summed E-state index contributed by atoms with van der Waals surface area (Å²) in [5.41, 5.74) is 0. The highest BCUT2D eigenvalue weighted by Gasteiger charge is 2.18. The van der Waals surface area contributed by atoms with E-state index >= 15 is 0 Å². The van der Waals surface area contributed by atoms with Gasteiger partial charge in [0.2, 0.25) is 0 Å². The molecule has 0 spiro atoms. The van der Waals surface area contributed by atoms with Crippen molar-refractivity contribution in [2.24, 2.45) is 0 Å². The Kier molecular flexibility index (Phi) is 2.07. The van der Waals surface area contributed by atoms with Crippen LogP contribution in [0.3, 0.4) is 0 Å². The molecule has 0 saturated carbocycles. The number of hydrogen-bond acceptors (Lipinski definition) is 4. The third kappa shape index (κ3) is 1.53. The highest BCUT2D eigenvalue weighted by Crippen LogP contribution is 2.26. The third-order valence-corrected chi connectivity index (χ3v) is 3.92. The lowest BCUT2D eigenvalue weighted by Crippen LogP contribution is -1.86. The molecule has 0 saturated heterocycles. The number of hydrogen-bond donors (Lipinski definition) is 0. The minimum absolute atomic E-state index is 0.167. The van der Waals surface area contributed by atoms with Gasteiger partial charge in [0.05, 0.1) is 10.7 Å². The molecule has 1 rings (SSSR count). The van der Waals surface area contributed by atoms with Crippen molar-refractivity contribution in [1.82, 2.24) is 4.37 Å². The average Bonchev–Trinajstić information content (AvgIpc) is 2.11. The Morgan fingerprint density at radius 1 is 1.70 bits per heavy atom. The van der Waals surface area contributed by atoms with Crippen molar-refractivity contribution < 1.29 is 12.3 Å². The highest BCUT2D eigenvalue weighted by molar-refractivity contribution is 9.10. The smallest absolute Gasteiger partial charge is 0.199 e. The maximum absolute atomic E-state index is 12.1. The van der Waals surface area contributed by atoms with Crippen LogP contribution < -0.4 is 0 Å². The summed E-state index contributed by atoms with van der Waals surface area (Å²) in [6, 6.07) is 0. The van der Waals surface area contributed by atoms with Crippen LogP contribution in [0.2, 0.25) is 0 Å². The van der Waals surface area contributed by atoms with Crippen LogP contribution in [0, 0.1) is 0 Å². The fourth-order valence-corrected chi connectivity index (χ4v) is 2.58. The van der Waals surface area contributed by atoms with Crippen molar-refractivity contribution >= 4 is 37.7 Å². The summed E-state index contributed by atoms with van der Waals surface area (Å²) in [4.78, 5) is 0. The molecule has 0 aliphatic rings. The first kappa shape index (κ1) is 8.09. The predicted molar refractivity (Wildman–Crippen MR) is 38.1 cm³/mol. The predicted octanol–water partition coefficient (Wildman–Crippen LogP) is 1.56. The molecule has 1 heterocycles. The monoisotopic (exact) mass is 245 g/mol. The third-order valence-electron chi connectivity index (χ3n) is 0.718. The van der Waals surface area contributed by atoms with Crippen LogP contribution in [-0.4, -0.2) is 12.8 Å². The second-order valence-electron chi connectivity index (χ2n) is 1.40. The number of nitrogens with zero attached hydrogens (tertiary/aromatic N) is 1.